The van der Waals surface area contributed by atoms with Crippen LogP contribution in [0.15, 0.2) is 30.6 Å². The van der Waals surface area contributed by atoms with Crippen LogP contribution < -0.4 is 14.6 Å². The molecule has 4 heterocycles. The zero-order chi connectivity index (χ0) is 16.6. The fourth-order valence-electron chi connectivity index (χ4n) is 4.38. The lowest BCUT2D eigenvalue weighted by Gasteiger charge is -2.38. The fraction of sp³-hybridized carbons (Fsp3) is 0.381. The van der Waals surface area contributed by atoms with E-state index in [1.165, 1.54) is 65.9 Å². The van der Waals surface area contributed by atoms with Crippen LogP contribution in [0.2, 0.25) is 0 Å². The molecule has 4 nitrogen and oxygen atoms in total. The highest BCUT2D eigenvalue weighted by Gasteiger charge is 2.28. The van der Waals surface area contributed by atoms with E-state index in [0.717, 1.165) is 12.2 Å². The van der Waals surface area contributed by atoms with Gasteiger partial charge in [0.05, 0.1) is 6.61 Å². The van der Waals surface area contributed by atoms with Gasteiger partial charge in [0.1, 0.15) is 5.75 Å². The van der Waals surface area contributed by atoms with Crippen molar-refractivity contribution in [2.75, 3.05) is 31.4 Å². The summed E-state index contributed by atoms with van der Waals surface area (Å²) in [5, 5.41) is 0. The smallest absolute Gasteiger partial charge is 0.189 e. The highest BCUT2D eigenvalue weighted by molar-refractivity contribution is 5.86. The van der Waals surface area contributed by atoms with E-state index in [2.05, 4.69) is 34.2 Å². The van der Waals surface area contributed by atoms with Crippen LogP contribution in [0.25, 0.3) is 11.6 Å². The Labute approximate surface area is 148 Å². The van der Waals surface area contributed by atoms with Gasteiger partial charge < -0.3 is 14.4 Å². The van der Waals surface area contributed by atoms with Crippen LogP contribution in [0.4, 0.5) is 5.69 Å². The minimum atomic E-state index is 0.315. The molecule has 128 valence electrons. The number of nitrogens with one attached hydrogen (secondary N) is 1. The summed E-state index contributed by atoms with van der Waals surface area (Å²) in [5.41, 5.74) is 7.93. The summed E-state index contributed by atoms with van der Waals surface area (Å²) in [6, 6.07) is 6.55. The molecule has 0 saturated heterocycles. The Balaban J connectivity index is 1.69. The normalized spacial score (nSPS) is 21.1. The predicted molar refractivity (Wildman–Crippen MR) is 97.6 cm³/mol. The van der Waals surface area contributed by atoms with E-state index in [1.54, 1.807) is 0 Å². The first-order chi connectivity index (χ1) is 12.4. The molecule has 0 radical (unpaired) electrons. The van der Waals surface area contributed by atoms with Crippen LogP contribution in [-0.4, -0.2) is 26.5 Å². The van der Waals surface area contributed by atoms with Crippen LogP contribution in [0.3, 0.4) is 0 Å². The third-order valence-electron chi connectivity index (χ3n) is 5.46. The molecule has 0 aliphatic carbocycles. The van der Waals surface area contributed by atoms with Gasteiger partial charge in [0.2, 0.25) is 0 Å². The number of anilines is 1. The van der Waals surface area contributed by atoms with E-state index in [4.69, 9.17) is 9.47 Å². The summed E-state index contributed by atoms with van der Waals surface area (Å²) >= 11 is 0. The van der Waals surface area contributed by atoms with Crippen LogP contribution in [-0.2, 0) is 17.6 Å². The molecule has 3 aliphatic heterocycles. The monoisotopic (exact) mass is 335 g/mol. The van der Waals surface area contributed by atoms with Crippen molar-refractivity contribution in [1.82, 2.24) is 0 Å². The number of pyridine rings is 1. The zero-order valence-electron chi connectivity index (χ0n) is 14.4. The summed E-state index contributed by atoms with van der Waals surface area (Å²) in [7, 11) is 0. The number of fused-ring (bicyclic) bond motifs is 2. The minimum absolute atomic E-state index is 0.315. The van der Waals surface area contributed by atoms with Crippen molar-refractivity contribution in [2.24, 2.45) is 0 Å². The highest BCUT2D eigenvalue weighted by Crippen LogP contribution is 2.44. The van der Waals surface area contributed by atoms with Gasteiger partial charge in [-0.25, -0.2) is 4.98 Å². The van der Waals surface area contributed by atoms with Gasteiger partial charge in [-0.3, -0.25) is 0 Å². The topological polar surface area (TPSA) is 35.8 Å². The first kappa shape index (κ1) is 15.0. The van der Waals surface area contributed by atoms with E-state index < -0.39 is 0 Å². The lowest BCUT2D eigenvalue weighted by Crippen LogP contribution is -2.35. The molecule has 0 fully saturated rings. The Morgan fingerprint density at radius 1 is 1.04 bits per heavy atom. The van der Waals surface area contributed by atoms with Crippen molar-refractivity contribution in [3.63, 3.8) is 0 Å². The molecule has 5 rings (SSSR count). The maximum atomic E-state index is 6.08. The summed E-state index contributed by atoms with van der Waals surface area (Å²) in [6.45, 7) is 3.24. The maximum Gasteiger partial charge on any atom is 0.189 e. The zero-order valence-corrected chi connectivity index (χ0v) is 14.4. The van der Waals surface area contributed by atoms with Gasteiger partial charge in [0, 0.05) is 42.0 Å². The molecule has 0 bridgehead atoms. The van der Waals surface area contributed by atoms with Gasteiger partial charge in [0.15, 0.2) is 19.2 Å². The number of H-pyrrole nitrogens is 1. The van der Waals surface area contributed by atoms with E-state index in [0.29, 0.717) is 13.4 Å². The van der Waals surface area contributed by atoms with Crippen LogP contribution in [0.5, 0.6) is 5.75 Å². The van der Waals surface area contributed by atoms with Crippen molar-refractivity contribution >= 4 is 17.3 Å². The number of benzene rings is 1. The van der Waals surface area contributed by atoms with Crippen molar-refractivity contribution in [3.8, 4) is 5.75 Å². The second kappa shape index (κ2) is 6.19. The number of aromatic amines is 1. The third kappa shape index (κ3) is 2.61. The van der Waals surface area contributed by atoms with Gasteiger partial charge >= 0.3 is 0 Å². The molecule has 3 aliphatic rings. The van der Waals surface area contributed by atoms with Gasteiger partial charge in [0.25, 0.3) is 0 Å². The molecule has 25 heavy (non-hydrogen) atoms. The lowest BCUT2D eigenvalue weighted by molar-refractivity contribution is -0.378. The molecule has 0 amide bonds. The number of aromatic nitrogens is 1. The molecule has 0 unspecified atom stereocenters. The van der Waals surface area contributed by atoms with Crippen LogP contribution >= 0.6 is 0 Å². The Hall–Kier alpha value is -2.33. The van der Waals surface area contributed by atoms with Crippen molar-refractivity contribution in [3.05, 3.63) is 52.8 Å². The largest absolute Gasteiger partial charge is 0.467 e. The second-order valence-electron chi connectivity index (χ2n) is 7.04. The van der Waals surface area contributed by atoms with E-state index in [-0.39, 0.29) is 0 Å². The Morgan fingerprint density at radius 2 is 1.88 bits per heavy atom. The number of hydrogen-bond donors (Lipinski definition) is 0. The SMILES string of the molecule is C1=C(/c2cc[nH+]cc2)COCOc2c/1cc1c3c2CCCN3CCC1. The maximum absolute atomic E-state index is 6.08. The average molecular weight is 335 g/mol. The first-order valence-corrected chi connectivity index (χ1v) is 9.21. The Bertz CT molecular complexity index is 828. The van der Waals surface area contributed by atoms with E-state index in [9.17, 15) is 0 Å². The molecule has 2 aromatic rings. The molecule has 1 aromatic carbocycles. The molecule has 0 spiro atoms. The number of hydrogen-bond acceptors (Lipinski definition) is 3. The van der Waals surface area contributed by atoms with Gasteiger partial charge in [-0.2, -0.15) is 0 Å². The number of nitrogens with zero attached hydrogens (tertiary/aromatic N) is 1. The Kier molecular flexibility index (Phi) is 3.71. The molecular weight excluding hydrogens is 312 g/mol. The molecule has 0 saturated carbocycles. The van der Waals surface area contributed by atoms with Crippen molar-refractivity contribution in [1.29, 1.82) is 0 Å². The molecule has 1 aromatic heterocycles. The van der Waals surface area contributed by atoms with Crippen LogP contribution in [0.1, 0.15) is 35.1 Å². The van der Waals surface area contributed by atoms with Gasteiger partial charge in [-0.1, -0.05) is 0 Å². The van der Waals surface area contributed by atoms with Gasteiger partial charge in [-0.05, 0) is 54.5 Å². The third-order valence-corrected chi connectivity index (χ3v) is 5.46. The second-order valence-corrected chi connectivity index (χ2v) is 7.04. The Morgan fingerprint density at radius 3 is 2.76 bits per heavy atom. The predicted octanol–water partition coefficient (Wildman–Crippen LogP) is 3.11. The van der Waals surface area contributed by atoms with Crippen LogP contribution in [0, 0.1) is 0 Å². The number of ether oxygens (including phenoxy) is 2. The first-order valence-electron chi connectivity index (χ1n) is 9.21. The standard InChI is InChI=1S/C21H22N2O2/c1-3-16-11-17-12-18(15-5-7-22-8-6-15)13-24-14-25-21(17)19-4-2-10-23(9-1)20(16)19/h5-8,11-12H,1-4,9-10,13-14H2/p+1/b18-12+. The summed E-state index contributed by atoms with van der Waals surface area (Å²) in [4.78, 5) is 5.65. The molecule has 1 N–H and O–H groups in total. The highest BCUT2D eigenvalue weighted by atomic mass is 16.7. The fourth-order valence-corrected chi connectivity index (χ4v) is 4.38. The van der Waals surface area contributed by atoms with E-state index in [1.807, 2.05) is 12.4 Å². The molecule has 0 atom stereocenters. The quantitative estimate of drug-likeness (QED) is 0.803. The summed E-state index contributed by atoms with van der Waals surface area (Å²) in [5.74, 6) is 1.03. The van der Waals surface area contributed by atoms with Crippen molar-refractivity contribution in [2.45, 2.75) is 25.7 Å². The van der Waals surface area contributed by atoms with E-state index >= 15 is 0 Å². The number of rotatable bonds is 1. The summed E-state index contributed by atoms with van der Waals surface area (Å²) in [6.07, 6.45) is 10.9. The number of aryl methyl sites for hydroxylation is 1. The van der Waals surface area contributed by atoms with Gasteiger partial charge in [-0.15, -0.1) is 0 Å². The lowest BCUT2D eigenvalue weighted by atomic mass is 9.88. The average Bonchev–Trinajstić information content (AvgIpc) is 2.64. The van der Waals surface area contributed by atoms with Crippen molar-refractivity contribution < 1.29 is 14.5 Å². The molecular formula is C21H23N2O2+. The minimum Gasteiger partial charge on any atom is -0.467 e. The molecule has 4 heteroatoms. The summed E-state index contributed by atoms with van der Waals surface area (Å²) < 4.78 is 11.9.